The van der Waals surface area contributed by atoms with Gasteiger partial charge >= 0.3 is 0 Å². The lowest BCUT2D eigenvalue weighted by molar-refractivity contribution is 0.104. The maximum atomic E-state index is 12.3. The van der Waals surface area contributed by atoms with Crippen LogP contribution in [0.2, 0.25) is 0 Å². The minimum atomic E-state index is -0.303. The average molecular weight is 342 g/mol. The molecule has 0 heterocycles. The Morgan fingerprint density at radius 3 is 2.29 bits per heavy atom. The molecule has 0 aliphatic heterocycles. The van der Waals surface area contributed by atoms with E-state index in [1.165, 1.54) is 0 Å². The van der Waals surface area contributed by atoms with Crippen molar-refractivity contribution >= 4 is 27.8 Å². The van der Waals surface area contributed by atoms with Gasteiger partial charge in [0, 0.05) is 10.0 Å². The van der Waals surface area contributed by atoms with E-state index in [1.807, 2.05) is 30.3 Å². The van der Waals surface area contributed by atoms with Gasteiger partial charge in [-0.2, -0.15) is 5.26 Å². The molecule has 0 fully saturated rings. The van der Waals surface area contributed by atoms with Crippen molar-refractivity contribution in [3.05, 3.63) is 69.7 Å². The van der Waals surface area contributed by atoms with E-state index >= 15 is 0 Å². The second kappa shape index (κ2) is 6.87. The SMILES string of the molecule is COc1ccc(C(=O)C(C#N)=Cc2ccc(Br)cc2)cc1. The quantitative estimate of drug-likeness (QED) is 0.474. The molecule has 0 unspecified atom stereocenters. The number of nitriles is 1. The monoisotopic (exact) mass is 341 g/mol. The second-order valence-electron chi connectivity index (χ2n) is 4.28. The Kier molecular flexibility index (Phi) is 4.91. The van der Waals surface area contributed by atoms with Crippen molar-refractivity contribution < 1.29 is 9.53 Å². The number of halogens is 1. The van der Waals surface area contributed by atoms with Gasteiger partial charge in [-0.3, -0.25) is 4.79 Å². The third-order valence-electron chi connectivity index (χ3n) is 2.90. The zero-order valence-electron chi connectivity index (χ0n) is 11.3. The predicted molar refractivity (Wildman–Crippen MR) is 85.1 cm³/mol. The van der Waals surface area contributed by atoms with Gasteiger partial charge in [0.25, 0.3) is 0 Å². The summed E-state index contributed by atoms with van der Waals surface area (Å²) in [6.07, 6.45) is 1.58. The molecule has 0 atom stereocenters. The molecular formula is C17H12BrNO2. The van der Waals surface area contributed by atoms with E-state index < -0.39 is 0 Å². The van der Waals surface area contributed by atoms with Crippen LogP contribution in [0, 0.1) is 11.3 Å². The maximum absolute atomic E-state index is 12.3. The summed E-state index contributed by atoms with van der Waals surface area (Å²) >= 11 is 3.34. The van der Waals surface area contributed by atoms with Gasteiger partial charge in [-0.1, -0.05) is 28.1 Å². The summed E-state index contributed by atoms with van der Waals surface area (Å²) in [5.74, 6) is 0.366. The Morgan fingerprint density at radius 2 is 1.76 bits per heavy atom. The maximum Gasteiger partial charge on any atom is 0.203 e. The number of benzene rings is 2. The Bertz CT molecular complexity index is 710. The van der Waals surface area contributed by atoms with Crippen LogP contribution in [-0.4, -0.2) is 12.9 Å². The Hall–Kier alpha value is -2.38. The highest BCUT2D eigenvalue weighted by Gasteiger charge is 2.12. The molecule has 104 valence electrons. The van der Waals surface area contributed by atoms with Crippen LogP contribution >= 0.6 is 15.9 Å². The molecule has 21 heavy (non-hydrogen) atoms. The molecule has 0 amide bonds. The fourth-order valence-corrected chi connectivity index (χ4v) is 2.04. The van der Waals surface area contributed by atoms with Crippen LogP contribution in [0.3, 0.4) is 0 Å². The normalized spacial score (nSPS) is 10.8. The topological polar surface area (TPSA) is 50.1 Å². The standard InChI is InChI=1S/C17H12BrNO2/c1-21-16-8-4-13(5-9-16)17(20)14(11-19)10-12-2-6-15(18)7-3-12/h2-10H,1H3. The van der Waals surface area contributed by atoms with Crippen molar-refractivity contribution in [2.24, 2.45) is 0 Å². The van der Waals surface area contributed by atoms with Gasteiger partial charge in [0.2, 0.25) is 5.78 Å². The Labute approximate surface area is 131 Å². The fraction of sp³-hybridized carbons (Fsp3) is 0.0588. The first-order valence-corrected chi connectivity index (χ1v) is 6.99. The van der Waals surface area contributed by atoms with E-state index in [9.17, 15) is 10.1 Å². The van der Waals surface area contributed by atoms with Gasteiger partial charge < -0.3 is 4.74 Å². The molecule has 3 nitrogen and oxygen atoms in total. The third-order valence-corrected chi connectivity index (χ3v) is 3.43. The summed E-state index contributed by atoms with van der Waals surface area (Å²) in [7, 11) is 1.56. The Balaban J connectivity index is 2.29. The number of carbonyl (C=O) groups is 1. The number of methoxy groups -OCH3 is 1. The molecule has 0 radical (unpaired) electrons. The zero-order chi connectivity index (χ0) is 15.2. The number of hydrogen-bond donors (Lipinski definition) is 0. The van der Waals surface area contributed by atoms with E-state index in [0.29, 0.717) is 11.3 Å². The summed E-state index contributed by atoms with van der Waals surface area (Å²) in [4.78, 5) is 12.3. The number of Topliss-reactive ketones (excluding diaryl/α,β-unsaturated/α-hetero) is 1. The number of allylic oxidation sites excluding steroid dienone is 1. The largest absolute Gasteiger partial charge is 0.497 e. The predicted octanol–water partition coefficient (Wildman–Crippen LogP) is 4.25. The minimum Gasteiger partial charge on any atom is -0.497 e. The molecule has 0 aliphatic carbocycles. The molecule has 0 saturated carbocycles. The van der Waals surface area contributed by atoms with Crippen LogP contribution in [-0.2, 0) is 0 Å². The lowest BCUT2D eigenvalue weighted by Gasteiger charge is -2.02. The van der Waals surface area contributed by atoms with Crippen LogP contribution in [0.1, 0.15) is 15.9 Å². The van der Waals surface area contributed by atoms with E-state index in [4.69, 9.17) is 4.74 Å². The second-order valence-corrected chi connectivity index (χ2v) is 5.19. The van der Waals surface area contributed by atoms with Crippen LogP contribution in [0.5, 0.6) is 5.75 Å². The van der Waals surface area contributed by atoms with Crippen LogP contribution in [0.25, 0.3) is 6.08 Å². The molecule has 2 aromatic rings. The minimum absolute atomic E-state index is 0.0995. The highest BCUT2D eigenvalue weighted by atomic mass is 79.9. The summed E-state index contributed by atoms with van der Waals surface area (Å²) in [6.45, 7) is 0. The van der Waals surface area contributed by atoms with Gasteiger partial charge in [-0.15, -0.1) is 0 Å². The number of carbonyl (C=O) groups excluding carboxylic acids is 1. The van der Waals surface area contributed by atoms with Crippen molar-refractivity contribution in [2.75, 3.05) is 7.11 Å². The average Bonchev–Trinajstić information content (AvgIpc) is 2.54. The molecule has 0 N–H and O–H groups in total. The van der Waals surface area contributed by atoms with Crippen molar-refractivity contribution in [1.82, 2.24) is 0 Å². The number of ketones is 1. The summed E-state index contributed by atoms with van der Waals surface area (Å²) < 4.78 is 5.99. The first kappa shape index (κ1) is 15.0. The van der Waals surface area contributed by atoms with Crippen LogP contribution in [0.15, 0.2) is 58.6 Å². The third kappa shape index (κ3) is 3.80. The van der Waals surface area contributed by atoms with Gasteiger partial charge in [-0.05, 0) is 48.0 Å². The van der Waals surface area contributed by atoms with Gasteiger partial charge in [0.15, 0.2) is 0 Å². The number of hydrogen-bond acceptors (Lipinski definition) is 3. The lowest BCUT2D eigenvalue weighted by atomic mass is 10.0. The van der Waals surface area contributed by atoms with Crippen molar-refractivity contribution in [2.45, 2.75) is 0 Å². The smallest absolute Gasteiger partial charge is 0.203 e. The lowest BCUT2D eigenvalue weighted by Crippen LogP contribution is -2.01. The number of rotatable bonds is 4. The van der Waals surface area contributed by atoms with E-state index in [1.54, 1.807) is 37.5 Å². The number of nitrogens with zero attached hydrogens (tertiary/aromatic N) is 1. The van der Waals surface area contributed by atoms with Gasteiger partial charge in [-0.25, -0.2) is 0 Å². The van der Waals surface area contributed by atoms with Crippen LogP contribution in [0.4, 0.5) is 0 Å². The van der Waals surface area contributed by atoms with Gasteiger partial charge in [0.1, 0.15) is 17.4 Å². The summed E-state index contributed by atoms with van der Waals surface area (Å²) in [5.41, 5.74) is 1.36. The van der Waals surface area contributed by atoms with Crippen molar-refractivity contribution in [1.29, 1.82) is 5.26 Å². The molecule has 0 aromatic heterocycles. The molecule has 0 aliphatic rings. The van der Waals surface area contributed by atoms with E-state index in [0.717, 1.165) is 10.0 Å². The van der Waals surface area contributed by atoms with Crippen molar-refractivity contribution in [3.63, 3.8) is 0 Å². The van der Waals surface area contributed by atoms with Crippen LogP contribution < -0.4 is 4.74 Å². The first-order valence-electron chi connectivity index (χ1n) is 6.20. The first-order chi connectivity index (χ1) is 10.1. The summed E-state index contributed by atoms with van der Waals surface area (Å²) in [5, 5.41) is 9.20. The Morgan fingerprint density at radius 1 is 1.14 bits per heavy atom. The highest BCUT2D eigenvalue weighted by Crippen LogP contribution is 2.17. The zero-order valence-corrected chi connectivity index (χ0v) is 12.9. The summed E-state index contributed by atoms with van der Waals surface area (Å²) in [6, 6.07) is 16.0. The van der Waals surface area contributed by atoms with E-state index in [-0.39, 0.29) is 11.4 Å². The molecule has 0 spiro atoms. The van der Waals surface area contributed by atoms with Gasteiger partial charge in [0.05, 0.1) is 7.11 Å². The van der Waals surface area contributed by atoms with Crippen molar-refractivity contribution in [3.8, 4) is 11.8 Å². The highest BCUT2D eigenvalue weighted by molar-refractivity contribution is 9.10. The van der Waals surface area contributed by atoms with E-state index in [2.05, 4.69) is 15.9 Å². The molecule has 0 saturated heterocycles. The molecule has 0 bridgehead atoms. The molecular weight excluding hydrogens is 330 g/mol. The number of ether oxygens (including phenoxy) is 1. The molecule has 2 aromatic carbocycles. The fourth-order valence-electron chi connectivity index (χ4n) is 1.77. The molecule has 4 heteroatoms. The molecule has 2 rings (SSSR count).